The topological polar surface area (TPSA) is 18.5 Å². The third-order valence-corrected chi connectivity index (χ3v) is 4.36. The Hall–Kier alpha value is -0.610. The minimum atomic E-state index is -0.225. The highest BCUT2D eigenvalue weighted by atomic mass is 79.9. The fourth-order valence-corrected chi connectivity index (χ4v) is 2.90. The lowest BCUT2D eigenvalue weighted by molar-refractivity contribution is 0.0543. The van der Waals surface area contributed by atoms with Crippen molar-refractivity contribution in [3.8, 4) is 5.75 Å². The van der Waals surface area contributed by atoms with Gasteiger partial charge in [0.1, 0.15) is 11.6 Å². The summed E-state index contributed by atoms with van der Waals surface area (Å²) >= 11 is 3.58. The number of benzene rings is 1. The van der Waals surface area contributed by atoms with E-state index in [9.17, 15) is 4.39 Å². The van der Waals surface area contributed by atoms with Crippen LogP contribution in [0.2, 0.25) is 0 Å². The number of alkyl halides is 1. The van der Waals surface area contributed by atoms with Crippen LogP contribution < -0.4 is 4.74 Å². The van der Waals surface area contributed by atoms with E-state index in [-0.39, 0.29) is 10.6 Å². The fraction of sp³-hybridized carbons (Fsp3) is 0.538. The van der Waals surface area contributed by atoms with Crippen LogP contribution >= 0.6 is 15.9 Å². The van der Waals surface area contributed by atoms with Gasteiger partial charge < -0.3 is 9.47 Å². The van der Waals surface area contributed by atoms with E-state index in [1.54, 1.807) is 12.1 Å². The molecule has 1 aliphatic heterocycles. The molecule has 94 valence electrons. The predicted molar refractivity (Wildman–Crippen MR) is 68.2 cm³/mol. The summed E-state index contributed by atoms with van der Waals surface area (Å²) in [5, 5.41) is 0. The molecule has 1 aromatic carbocycles. The number of ether oxygens (including phenoxy) is 2. The van der Waals surface area contributed by atoms with Gasteiger partial charge in [0, 0.05) is 23.1 Å². The highest BCUT2D eigenvalue weighted by molar-refractivity contribution is 9.09. The van der Waals surface area contributed by atoms with Crippen molar-refractivity contribution in [1.29, 1.82) is 0 Å². The SMILES string of the molecule is COc1ccc(C(Br)C2CCCOC2)c(F)c1. The van der Waals surface area contributed by atoms with Gasteiger partial charge in [-0.05, 0) is 24.8 Å². The number of methoxy groups -OCH3 is 1. The summed E-state index contributed by atoms with van der Waals surface area (Å²) in [6.45, 7) is 1.52. The Kier molecular flexibility index (Phi) is 4.40. The van der Waals surface area contributed by atoms with Crippen molar-refractivity contribution in [2.75, 3.05) is 20.3 Å². The van der Waals surface area contributed by atoms with E-state index in [0.717, 1.165) is 19.4 Å². The number of rotatable bonds is 3. The Bertz CT molecular complexity index is 378. The first-order valence-corrected chi connectivity index (χ1v) is 6.69. The van der Waals surface area contributed by atoms with Gasteiger partial charge >= 0.3 is 0 Å². The number of hydrogen-bond donors (Lipinski definition) is 0. The maximum absolute atomic E-state index is 13.9. The average Bonchev–Trinajstić information content (AvgIpc) is 2.39. The van der Waals surface area contributed by atoms with Gasteiger partial charge in [-0.3, -0.25) is 0 Å². The van der Waals surface area contributed by atoms with E-state index in [2.05, 4.69) is 15.9 Å². The largest absolute Gasteiger partial charge is 0.497 e. The van der Waals surface area contributed by atoms with Crippen LogP contribution in [0.3, 0.4) is 0 Å². The zero-order valence-electron chi connectivity index (χ0n) is 9.79. The van der Waals surface area contributed by atoms with Gasteiger partial charge in [0.15, 0.2) is 0 Å². The van der Waals surface area contributed by atoms with Crippen LogP contribution in [0.4, 0.5) is 4.39 Å². The lowest BCUT2D eigenvalue weighted by Gasteiger charge is -2.27. The predicted octanol–water partition coefficient (Wildman–Crippen LogP) is 3.70. The van der Waals surface area contributed by atoms with Crippen LogP contribution in [0, 0.1) is 11.7 Å². The van der Waals surface area contributed by atoms with Gasteiger partial charge in [-0.15, -0.1) is 0 Å². The van der Waals surface area contributed by atoms with Crippen LogP contribution in [-0.4, -0.2) is 20.3 Å². The van der Waals surface area contributed by atoms with Crippen LogP contribution in [-0.2, 0) is 4.74 Å². The first-order valence-electron chi connectivity index (χ1n) is 5.77. The van der Waals surface area contributed by atoms with Gasteiger partial charge in [-0.2, -0.15) is 0 Å². The Balaban J connectivity index is 2.15. The normalized spacial score (nSPS) is 22.2. The molecule has 0 bridgehead atoms. The minimum Gasteiger partial charge on any atom is -0.497 e. The molecule has 0 saturated carbocycles. The third kappa shape index (κ3) is 2.99. The Labute approximate surface area is 109 Å². The van der Waals surface area contributed by atoms with Crippen LogP contribution in [0.15, 0.2) is 18.2 Å². The molecule has 0 radical (unpaired) electrons. The molecule has 1 saturated heterocycles. The van der Waals surface area contributed by atoms with Crippen molar-refractivity contribution >= 4 is 15.9 Å². The van der Waals surface area contributed by atoms with E-state index in [4.69, 9.17) is 9.47 Å². The van der Waals surface area contributed by atoms with Gasteiger partial charge in [0.2, 0.25) is 0 Å². The van der Waals surface area contributed by atoms with Gasteiger partial charge in [-0.25, -0.2) is 4.39 Å². The molecular weight excluding hydrogens is 287 g/mol. The molecule has 2 nitrogen and oxygen atoms in total. The van der Waals surface area contributed by atoms with Crippen molar-refractivity contribution in [3.63, 3.8) is 0 Å². The van der Waals surface area contributed by atoms with E-state index in [1.807, 2.05) is 0 Å². The Morgan fingerprint density at radius 3 is 2.94 bits per heavy atom. The van der Waals surface area contributed by atoms with Gasteiger partial charge in [0.05, 0.1) is 13.7 Å². The first-order chi connectivity index (χ1) is 8.22. The van der Waals surface area contributed by atoms with E-state index in [1.165, 1.54) is 13.2 Å². The molecule has 1 aromatic rings. The molecule has 0 aliphatic carbocycles. The Morgan fingerprint density at radius 2 is 2.35 bits per heavy atom. The van der Waals surface area contributed by atoms with Crippen molar-refractivity contribution in [2.24, 2.45) is 5.92 Å². The summed E-state index contributed by atoms with van der Waals surface area (Å²) in [5.74, 6) is 0.661. The van der Waals surface area contributed by atoms with Gasteiger partial charge in [0.25, 0.3) is 0 Å². The van der Waals surface area contributed by atoms with Crippen LogP contribution in [0.5, 0.6) is 5.75 Å². The van der Waals surface area contributed by atoms with Crippen molar-refractivity contribution < 1.29 is 13.9 Å². The smallest absolute Gasteiger partial charge is 0.131 e. The van der Waals surface area contributed by atoms with Crippen molar-refractivity contribution in [2.45, 2.75) is 17.7 Å². The van der Waals surface area contributed by atoms with E-state index in [0.29, 0.717) is 23.8 Å². The molecule has 1 fully saturated rings. The minimum absolute atomic E-state index is 0.00806. The monoisotopic (exact) mass is 302 g/mol. The molecule has 17 heavy (non-hydrogen) atoms. The maximum atomic E-state index is 13.9. The molecular formula is C13H16BrFO2. The summed E-state index contributed by atoms with van der Waals surface area (Å²) in [4.78, 5) is 0.00806. The quantitative estimate of drug-likeness (QED) is 0.793. The van der Waals surface area contributed by atoms with Crippen LogP contribution in [0.25, 0.3) is 0 Å². The molecule has 2 atom stereocenters. The lowest BCUT2D eigenvalue weighted by atomic mass is 9.94. The molecule has 2 rings (SSSR count). The third-order valence-electron chi connectivity index (χ3n) is 3.11. The second-order valence-electron chi connectivity index (χ2n) is 4.27. The second-order valence-corrected chi connectivity index (χ2v) is 5.25. The standard InChI is InChI=1S/C13H16BrFO2/c1-16-10-4-5-11(12(15)7-10)13(14)9-3-2-6-17-8-9/h4-5,7,9,13H,2-3,6,8H2,1H3. The second kappa shape index (κ2) is 5.83. The van der Waals surface area contributed by atoms with Gasteiger partial charge in [-0.1, -0.05) is 22.0 Å². The molecule has 1 aliphatic rings. The molecule has 0 spiro atoms. The zero-order valence-corrected chi connectivity index (χ0v) is 11.4. The molecule has 1 heterocycles. The number of hydrogen-bond acceptors (Lipinski definition) is 2. The summed E-state index contributed by atoms with van der Waals surface area (Å²) in [6, 6.07) is 4.99. The molecule has 0 amide bonds. The fourth-order valence-electron chi connectivity index (χ4n) is 2.11. The highest BCUT2D eigenvalue weighted by Crippen LogP contribution is 2.37. The summed E-state index contributed by atoms with van der Waals surface area (Å²) in [6.07, 6.45) is 2.12. The molecule has 4 heteroatoms. The van der Waals surface area contributed by atoms with E-state index < -0.39 is 0 Å². The summed E-state index contributed by atoms with van der Waals surface area (Å²) < 4.78 is 24.3. The lowest BCUT2D eigenvalue weighted by Crippen LogP contribution is -2.21. The molecule has 0 aromatic heterocycles. The van der Waals surface area contributed by atoms with Crippen molar-refractivity contribution in [3.05, 3.63) is 29.6 Å². The first kappa shape index (κ1) is 12.8. The summed E-state index contributed by atoms with van der Waals surface area (Å²) in [5.41, 5.74) is 0.682. The highest BCUT2D eigenvalue weighted by Gasteiger charge is 2.25. The van der Waals surface area contributed by atoms with E-state index >= 15 is 0 Å². The molecule has 0 N–H and O–H groups in total. The summed E-state index contributed by atoms with van der Waals surface area (Å²) in [7, 11) is 1.54. The average molecular weight is 303 g/mol. The Morgan fingerprint density at radius 1 is 1.53 bits per heavy atom. The zero-order chi connectivity index (χ0) is 12.3. The molecule has 2 unspecified atom stereocenters. The number of halogens is 2. The van der Waals surface area contributed by atoms with Crippen molar-refractivity contribution in [1.82, 2.24) is 0 Å². The maximum Gasteiger partial charge on any atom is 0.131 e. The van der Waals surface area contributed by atoms with Crippen LogP contribution in [0.1, 0.15) is 23.2 Å².